The van der Waals surface area contributed by atoms with Gasteiger partial charge >= 0.3 is 5.97 Å². The maximum absolute atomic E-state index is 12.0. The molecule has 0 aliphatic carbocycles. The Morgan fingerprint density at radius 3 is 2.58 bits per heavy atom. The first-order valence-corrected chi connectivity index (χ1v) is 11.7. The van der Waals surface area contributed by atoms with Gasteiger partial charge in [-0.25, -0.2) is 4.98 Å². The van der Waals surface area contributed by atoms with Crippen molar-refractivity contribution in [3.63, 3.8) is 0 Å². The highest BCUT2D eigenvalue weighted by Crippen LogP contribution is 2.31. The van der Waals surface area contributed by atoms with Crippen molar-refractivity contribution in [1.82, 2.24) is 9.36 Å². The molecule has 0 saturated carbocycles. The van der Waals surface area contributed by atoms with Crippen molar-refractivity contribution >= 4 is 17.5 Å². The van der Waals surface area contributed by atoms with Crippen LogP contribution in [0.15, 0.2) is 36.4 Å². The predicted molar refractivity (Wildman–Crippen MR) is 130 cm³/mol. The Balaban J connectivity index is 1.75. The minimum absolute atomic E-state index is 0.00818. The summed E-state index contributed by atoms with van der Waals surface area (Å²) in [7, 11) is 0. The van der Waals surface area contributed by atoms with Crippen LogP contribution in [-0.4, -0.2) is 27.0 Å². The lowest BCUT2D eigenvalue weighted by molar-refractivity contribution is -0.154. The standard InChI is InChI=1S/C26H29N3O3S/c1-16(2)31-22-11-9-19(14-20(22)15-27)25-28-24(29-33-25)21-10-7-18(13-17(21)3)8-12-23(30)32-26(4,5)6/h7,9-11,13-14,16H,8,12H2,1-6H3. The van der Waals surface area contributed by atoms with Crippen LogP contribution in [0.25, 0.3) is 22.0 Å². The average Bonchev–Trinajstić information content (AvgIpc) is 3.21. The molecule has 1 heterocycles. The number of nitriles is 1. The first-order chi connectivity index (χ1) is 15.6. The van der Waals surface area contributed by atoms with Gasteiger partial charge in [0.1, 0.15) is 22.4 Å². The molecule has 0 bridgehead atoms. The molecule has 2 aromatic carbocycles. The monoisotopic (exact) mass is 463 g/mol. The van der Waals surface area contributed by atoms with E-state index in [4.69, 9.17) is 14.5 Å². The molecular formula is C26H29N3O3S. The average molecular weight is 464 g/mol. The molecule has 0 fully saturated rings. The van der Waals surface area contributed by atoms with E-state index in [1.807, 2.05) is 59.7 Å². The van der Waals surface area contributed by atoms with Crippen LogP contribution in [0.2, 0.25) is 0 Å². The Labute approximate surface area is 199 Å². The normalized spacial score (nSPS) is 11.3. The second-order valence-corrected chi connectivity index (χ2v) is 9.90. The fraction of sp³-hybridized carbons (Fsp3) is 0.385. The molecule has 0 atom stereocenters. The number of benzene rings is 2. The van der Waals surface area contributed by atoms with E-state index >= 15 is 0 Å². The molecule has 0 aliphatic heterocycles. The van der Waals surface area contributed by atoms with Gasteiger partial charge in [-0.05, 0) is 88.8 Å². The van der Waals surface area contributed by atoms with Crippen LogP contribution in [0.4, 0.5) is 0 Å². The largest absolute Gasteiger partial charge is 0.490 e. The number of carbonyl (C=O) groups excluding carboxylic acids is 1. The zero-order valence-electron chi connectivity index (χ0n) is 19.9. The third-order valence-corrected chi connectivity index (χ3v) is 5.47. The van der Waals surface area contributed by atoms with Gasteiger partial charge in [0.25, 0.3) is 0 Å². The van der Waals surface area contributed by atoms with Crippen LogP contribution >= 0.6 is 11.5 Å². The number of esters is 1. The van der Waals surface area contributed by atoms with Crippen LogP contribution in [-0.2, 0) is 16.0 Å². The Kier molecular flexibility index (Phi) is 7.50. The summed E-state index contributed by atoms with van der Waals surface area (Å²) in [5.41, 5.74) is 3.89. The van der Waals surface area contributed by atoms with Gasteiger partial charge in [-0.1, -0.05) is 18.2 Å². The van der Waals surface area contributed by atoms with Crippen molar-refractivity contribution in [2.75, 3.05) is 0 Å². The molecule has 0 amide bonds. The zero-order valence-corrected chi connectivity index (χ0v) is 20.7. The lowest BCUT2D eigenvalue weighted by Crippen LogP contribution is -2.24. The summed E-state index contributed by atoms with van der Waals surface area (Å²) in [6, 6.07) is 13.7. The van der Waals surface area contributed by atoms with Crippen LogP contribution in [0.1, 0.15) is 57.7 Å². The number of nitrogens with zero attached hydrogens (tertiary/aromatic N) is 3. The second kappa shape index (κ2) is 10.1. The van der Waals surface area contributed by atoms with E-state index in [0.717, 1.165) is 27.3 Å². The molecule has 6 nitrogen and oxygen atoms in total. The number of hydrogen-bond acceptors (Lipinski definition) is 7. The van der Waals surface area contributed by atoms with Crippen molar-refractivity contribution in [2.45, 2.75) is 66.1 Å². The minimum atomic E-state index is -0.472. The van der Waals surface area contributed by atoms with Crippen molar-refractivity contribution < 1.29 is 14.3 Å². The SMILES string of the molecule is Cc1cc(CCC(=O)OC(C)(C)C)ccc1-c1nsc(-c2ccc(OC(C)C)c(C#N)c2)n1. The molecule has 3 rings (SSSR count). The molecular weight excluding hydrogens is 434 g/mol. The van der Waals surface area contributed by atoms with E-state index in [1.165, 1.54) is 11.5 Å². The van der Waals surface area contributed by atoms with E-state index in [2.05, 4.69) is 16.5 Å². The highest BCUT2D eigenvalue weighted by atomic mass is 32.1. The summed E-state index contributed by atoms with van der Waals surface area (Å²) in [4.78, 5) is 16.7. The summed E-state index contributed by atoms with van der Waals surface area (Å²) in [6.07, 6.45) is 0.951. The van der Waals surface area contributed by atoms with E-state index in [9.17, 15) is 10.1 Å². The van der Waals surface area contributed by atoms with Gasteiger partial charge in [0.15, 0.2) is 5.82 Å². The number of rotatable bonds is 7. The number of aromatic nitrogens is 2. The van der Waals surface area contributed by atoms with Gasteiger partial charge in [-0.3, -0.25) is 4.79 Å². The molecule has 3 aromatic rings. The Morgan fingerprint density at radius 1 is 1.18 bits per heavy atom. The first-order valence-electron chi connectivity index (χ1n) is 10.9. The fourth-order valence-electron chi connectivity index (χ4n) is 3.33. The Morgan fingerprint density at radius 2 is 1.94 bits per heavy atom. The maximum atomic E-state index is 12.0. The summed E-state index contributed by atoms with van der Waals surface area (Å²) in [5, 5.41) is 10.2. The molecule has 0 unspecified atom stereocenters. The zero-order chi connectivity index (χ0) is 24.2. The molecule has 0 saturated heterocycles. The van der Waals surface area contributed by atoms with Gasteiger partial charge in [0, 0.05) is 17.5 Å². The van der Waals surface area contributed by atoms with Crippen molar-refractivity contribution in [2.24, 2.45) is 0 Å². The highest BCUT2D eigenvalue weighted by molar-refractivity contribution is 7.09. The maximum Gasteiger partial charge on any atom is 0.306 e. The first kappa shape index (κ1) is 24.4. The molecule has 0 aliphatic rings. The highest BCUT2D eigenvalue weighted by Gasteiger charge is 2.17. The third-order valence-electron chi connectivity index (χ3n) is 4.71. The third kappa shape index (κ3) is 6.62. The van der Waals surface area contributed by atoms with Crippen molar-refractivity contribution in [3.05, 3.63) is 53.1 Å². The molecule has 0 radical (unpaired) electrons. The predicted octanol–water partition coefficient (Wildman–Crippen LogP) is 6.11. The number of hydrogen-bond donors (Lipinski definition) is 0. The molecule has 0 N–H and O–H groups in total. The topological polar surface area (TPSA) is 85.1 Å². The quantitative estimate of drug-likeness (QED) is 0.393. The lowest BCUT2D eigenvalue weighted by Gasteiger charge is -2.19. The van der Waals surface area contributed by atoms with E-state index in [-0.39, 0.29) is 12.1 Å². The molecule has 0 spiro atoms. The van der Waals surface area contributed by atoms with Gasteiger partial charge in [-0.15, -0.1) is 0 Å². The van der Waals surface area contributed by atoms with Crippen LogP contribution in [0.5, 0.6) is 5.75 Å². The summed E-state index contributed by atoms with van der Waals surface area (Å²) in [5.74, 6) is 1.02. The van der Waals surface area contributed by atoms with Crippen LogP contribution in [0.3, 0.4) is 0 Å². The summed E-state index contributed by atoms with van der Waals surface area (Å²) < 4.78 is 15.6. The van der Waals surface area contributed by atoms with Gasteiger partial charge in [0.2, 0.25) is 0 Å². The number of carbonyl (C=O) groups is 1. The van der Waals surface area contributed by atoms with E-state index in [0.29, 0.717) is 30.0 Å². The second-order valence-electron chi connectivity index (χ2n) is 9.15. The smallest absolute Gasteiger partial charge is 0.306 e. The molecule has 1 aromatic heterocycles. The Hall–Kier alpha value is -3.24. The molecule has 33 heavy (non-hydrogen) atoms. The van der Waals surface area contributed by atoms with Gasteiger partial charge < -0.3 is 9.47 Å². The van der Waals surface area contributed by atoms with E-state index < -0.39 is 5.60 Å². The summed E-state index contributed by atoms with van der Waals surface area (Å²) >= 11 is 1.30. The van der Waals surface area contributed by atoms with Crippen LogP contribution < -0.4 is 4.74 Å². The minimum Gasteiger partial charge on any atom is -0.490 e. The number of ether oxygens (including phenoxy) is 2. The van der Waals surface area contributed by atoms with Gasteiger partial charge in [0.05, 0.1) is 11.7 Å². The van der Waals surface area contributed by atoms with Crippen LogP contribution in [0, 0.1) is 18.3 Å². The Bertz CT molecular complexity index is 1190. The summed E-state index contributed by atoms with van der Waals surface area (Å²) in [6.45, 7) is 11.5. The van der Waals surface area contributed by atoms with Gasteiger partial charge in [-0.2, -0.15) is 9.64 Å². The fourth-order valence-corrected chi connectivity index (χ4v) is 4.00. The van der Waals surface area contributed by atoms with Crippen molar-refractivity contribution in [1.29, 1.82) is 5.26 Å². The van der Waals surface area contributed by atoms with Crippen molar-refractivity contribution in [3.8, 4) is 33.8 Å². The lowest BCUT2D eigenvalue weighted by atomic mass is 10.0. The molecule has 7 heteroatoms. The molecule has 172 valence electrons. The number of aryl methyl sites for hydroxylation is 2. The van der Waals surface area contributed by atoms with E-state index in [1.54, 1.807) is 12.1 Å².